The predicted molar refractivity (Wildman–Crippen MR) is 102 cm³/mol. The first-order chi connectivity index (χ1) is 13.5. The number of amides is 2. The maximum Gasteiger partial charge on any atom is 0.325 e. The molecule has 0 unspecified atom stereocenters. The normalized spacial score (nSPS) is 16.2. The zero-order valence-electron chi connectivity index (χ0n) is 16.7. The molecule has 1 atom stereocenters. The maximum atomic E-state index is 12.3. The summed E-state index contributed by atoms with van der Waals surface area (Å²) < 4.78 is 15.3. The monoisotopic (exact) mass is 392 g/mol. The number of methoxy groups -OCH3 is 2. The van der Waals surface area contributed by atoms with Crippen LogP contribution in [0.2, 0.25) is 0 Å². The van der Waals surface area contributed by atoms with E-state index in [1.165, 1.54) is 26.4 Å². The smallest absolute Gasteiger partial charge is 0.325 e. The van der Waals surface area contributed by atoms with E-state index in [0.717, 1.165) is 25.7 Å². The summed E-state index contributed by atoms with van der Waals surface area (Å²) in [6.45, 7) is 2.11. The number of nitrogens with zero attached hydrogens (tertiary/aromatic N) is 1. The molecule has 28 heavy (non-hydrogen) atoms. The minimum atomic E-state index is -0.665. The molecule has 1 fully saturated rings. The highest BCUT2D eigenvalue weighted by molar-refractivity contribution is 5.96. The van der Waals surface area contributed by atoms with Gasteiger partial charge in [-0.05, 0) is 37.8 Å². The first-order valence-electron chi connectivity index (χ1n) is 9.44. The van der Waals surface area contributed by atoms with E-state index in [1.54, 1.807) is 11.0 Å². The summed E-state index contributed by atoms with van der Waals surface area (Å²) in [6, 6.07) is 4.92. The maximum absolute atomic E-state index is 12.3. The molecule has 2 amide bonds. The van der Waals surface area contributed by atoms with Crippen LogP contribution in [0.1, 0.15) is 43.0 Å². The molecule has 0 bridgehead atoms. The second-order valence-electron chi connectivity index (χ2n) is 6.59. The van der Waals surface area contributed by atoms with E-state index in [-0.39, 0.29) is 25.1 Å². The third-order valence-corrected chi connectivity index (χ3v) is 4.78. The van der Waals surface area contributed by atoms with Crippen molar-refractivity contribution in [2.75, 3.05) is 33.9 Å². The van der Waals surface area contributed by atoms with E-state index >= 15 is 0 Å². The van der Waals surface area contributed by atoms with Gasteiger partial charge in [0.05, 0.1) is 14.2 Å². The van der Waals surface area contributed by atoms with Gasteiger partial charge in [0, 0.05) is 24.2 Å². The van der Waals surface area contributed by atoms with Gasteiger partial charge in [-0.15, -0.1) is 0 Å². The second kappa shape index (κ2) is 10.5. The quantitative estimate of drug-likeness (QED) is 0.678. The molecule has 0 aliphatic carbocycles. The van der Waals surface area contributed by atoms with Gasteiger partial charge in [0.1, 0.15) is 18.0 Å². The molecule has 0 spiro atoms. The van der Waals surface area contributed by atoms with Crippen LogP contribution in [0, 0.1) is 0 Å². The van der Waals surface area contributed by atoms with Crippen molar-refractivity contribution in [3.05, 3.63) is 23.8 Å². The number of ether oxygens (including phenoxy) is 3. The molecule has 1 aliphatic heterocycles. The highest BCUT2D eigenvalue weighted by atomic mass is 16.5. The second-order valence-corrected chi connectivity index (χ2v) is 6.59. The van der Waals surface area contributed by atoms with Gasteiger partial charge in [0.15, 0.2) is 6.61 Å². The van der Waals surface area contributed by atoms with Gasteiger partial charge in [0.25, 0.3) is 11.8 Å². The van der Waals surface area contributed by atoms with Crippen molar-refractivity contribution < 1.29 is 28.6 Å². The van der Waals surface area contributed by atoms with E-state index in [2.05, 4.69) is 5.32 Å². The van der Waals surface area contributed by atoms with Gasteiger partial charge in [0.2, 0.25) is 0 Å². The van der Waals surface area contributed by atoms with Gasteiger partial charge in [-0.25, -0.2) is 0 Å². The number of carbonyl (C=O) groups excluding carboxylic acids is 3. The molecule has 8 heteroatoms. The Balaban J connectivity index is 1.82. The molecule has 1 aromatic carbocycles. The number of likely N-dealkylation sites (tertiary alicyclic amines) is 1. The molecule has 1 aromatic rings. The van der Waals surface area contributed by atoms with Crippen LogP contribution < -0.4 is 14.8 Å². The average molecular weight is 392 g/mol. The summed E-state index contributed by atoms with van der Waals surface area (Å²) in [5.74, 6) is -0.401. The molecule has 1 heterocycles. The van der Waals surface area contributed by atoms with Gasteiger partial charge >= 0.3 is 5.97 Å². The lowest BCUT2D eigenvalue weighted by Crippen LogP contribution is -2.45. The highest BCUT2D eigenvalue weighted by Crippen LogP contribution is 2.22. The largest absolute Gasteiger partial charge is 0.497 e. The molecule has 154 valence electrons. The van der Waals surface area contributed by atoms with Gasteiger partial charge < -0.3 is 24.4 Å². The first-order valence-corrected chi connectivity index (χ1v) is 9.44. The molecular formula is C20H28N2O6. The topological polar surface area (TPSA) is 94.2 Å². The van der Waals surface area contributed by atoms with Crippen molar-refractivity contribution >= 4 is 17.8 Å². The summed E-state index contributed by atoms with van der Waals surface area (Å²) in [7, 11) is 2.96. The standard InChI is InChI=1S/C20H28N2O6/c1-4-15-7-5-6-8-22(15)18(23)13-28-19(24)12-21-20(25)14-9-16(26-2)11-17(10-14)27-3/h9-11,15H,4-8,12-13H2,1-3H3,(H,21,25)/t15-/m1/s1. The fraction of sp³-hybridized carbons (Fsp3) is 0.550. The van der Waals surface area contributed by atoms with Crippen molar-refractivity contribution in [1.29, 1.82) is 0 Å². The van der Waals surface area contributed by atoms with E-state index in [4.69, 9.17) is 14.2 Å². The van der Waals surface area contributed by atoms with E-state index in [1.807, 2.05) is 6.92 Å². The molecule has 0 saturated carbocycles. The van der Waals surface area contributed by atoms with Crippen LogP contribution in [0.25, 0.3) is 0 Å². The number of rotatable bonds is 8. The molecule has 1 N–H and O–H groups in total. The van der Waals surface area contributed by atoms with E-state index in [0.29, 0.717) is 23.6 Å². The number of carbonyl (C=O) groups is 3. The van der Waals surface area contributed by atoms with Crippen LogP contribution >= 0.6 is 0 Å². The molecule has 1 aliphatic rings. The summed E-state index contributed by atoms with van der Waals surface area (Å²) in [6.07, 6.45) is 3.95. The van der Waals surface area contributed by atoms with Crippen molar-refractivity contribution in [2.24, 2.45) is 0 Å². The Morgan fingerprint density at radius 3 is 2.39 bits per heavy atom. The summed E-state index contributed by atoms with van der Waals surface area (Å²) in [4.78, 5) is 38.2. The lowest BCUT2D eigenvalue weighted by atomic mass is 10.00. The third kappa shape index (κ3) is 5.87. The minimum absolute atomic E-state index is 0.191. The molecule has 0 aromatic heterocycles. The van der Waals surface area contributed by atoms with Crippen molar-refractivity contribution in [1.82, 2.24) is 10.2 Å². The molecular weight excluding hydrogens is 364 g/mol. The van der Waals surface area contributed by atoms with Gasteiger partial charge in [-0.3, -0.25) is 14.4 Å². The number of esters is 1. The number of benzene rings is 1. The summed E-state index contributed by atoms with van der Waals surface area (Å²) in [5.41, 5.74) is 0.291. The summed E-state index contributed by atoms with van der Waals surface area (Å²) in [5, 5.41) is 2.48. The van der Waals surface area contributed by atoms with Gasteiger partial charge in [-0.2, -0.15) is 0 Å². The van der Waals surface area contributed by atoms with Crippen LogP contribution in [0.4, 0.5) is 0 Å². The Bertz CT molecular complexity index is 684. The lowest BCUT2D eigenvalue weighted by molar-refractivity contribution is -0.152. The average Bonchev–Trinajstić information content (AvgIpc) is 2.75. The molecule has 8 nitrogen and oxygen atoms in total. The number of piperidine rings is 1. The number of hydrogen-bond acceptors (Lipinski definition) is 6. The van der Waals surface area contributed by atoms with Crippen LogP contribution in [-0.4, -0.2) is 62.6 Å². The molecule has 0 radical (unpaired) electrons. The third-order valence-electron chi connectivity index (χ3n) is 4.78. The van der Waals surface area contributed by atoms with Gasteiger partial charge in [-0.1, -0.05) is 6.92 Å². The van der Waals surface area contributed by atoms with Crippen LogP contribution in [0.5, 0.6) is 11.5 Å². The summed E-state index contributed by atoms with van der Waals surface area (Å²) >= 11 is 0. The fourth-order valence-electron chi connectivity index (χ4n) is 3.22. The van der Waals surface area contributed by atoms with Crippen LogP contribution in [-0.2, 0) is 14.3 Å². The van der Waals surface area contributed by atoms with Crippen LogP contribution in [0.3, 0.4) is 0 Å². The Morgan fingerprint density at radius 2 is 1.79 bits per heavy atom. The Hall–Kier alpha value is -2.77. The van der Waals surface area contributed by atoms with Crippen molar-refractivity contribution in [2.45, 2.75) is 38.6 Å². The highest BCUT2D eigenvalue weighted by Gasteiger charge is 2.25. The Labute approximate surface area is 165 Å². The predicted octanol–water partition coefficient (Wildman–Crippen LogP) is 1.77. The Kier molecular flexibility index (Phi) is 8.10. The van der Waals surface area contributed by atoms with E-state index < -0.39 is 11.9 Å². The minimum Gasteiger partial charge on any atom is -0.497 e. The molecule has 1 saturated heterocycles. The number of nitrogens with one attached hydrogen (secondary N) is 1. The van der Waals surface area contributed by atoms with E-state index in [9.17, 15) is 14.4 Å². The zero-order valence-corrected chi connectivity index (χ0v) is 16.7. The zero-order chi connectivity index (χ0) is 20.5. The SMILES string of the molecule is CC[C@@H]1CCCCN1C(=O)COC(=O)CNC(=O)c1cc(OC)cc(OC)c1. The van der Waals surface area contributed by atoms with Crippen LogP contribution in [0.15, 0.2) is 18.2 Å². The fourth-order valence-corrected chi connectivity index (χ4v) is 3.22. The lowest BCUT2D eigenvalue weighted by Gasteiger charge is -2.35. The van der Waals surface area contributed by atoms with Crippen molar-refractivity contribution in [3.8, 4) is 11.5 Å². The number of hydrogen-bond donors (Lipinski definition) is 1. The van der Waals surface area contributed by atoms with Crippen molar-refractivity contribution in [3.63, 3.8) is 0 Å². The first kappa shape index (κ1) is 21.5. The Morgan fingerprint density at radius 1 is 1.11 bits per heavy atom. The molecule has 2 rings (SSSR count).